The molecule has 0 spiro atoms. The molecule has 0 amide bonds. The lowest BCUT2D eigenvalue weighted by atomic mass is 9.93. The van der Waals surface area contributed by atoms with Crippen molar-refractivity contribution < 1.29 is 0 Å². The lowest BCUT2D eigenvalue weighted by Crippen LogP contribution is -1.88. The van der Waals surface area contributed by atoms with Gasteiger partial charge in [0.15, 0.2) is 0 Å². The van der Waals surface area contributed by atoms with E-state index in [1.165, 1.54) is 37.9 Å². The van der Waals surface area contributed by atoms with E-state index in [0.29, 0.717) is 0 Å². The maximum absolute atomic E-state index is 4.61. The topological polar surface area (TPSA) is 12.9 Å². The predicted molar refractivity (Wildman–Crippen MR) is 115 cm³/mol. The van der Waals surface area contributed by atoms with Crippen molar-refractivity contribution in [3.63, 3.8) is 0 Å². The number of aromatic nitrogens is 1. The Labute approximate surface area is 160 Å². The van der Waals surface area contributed by atoms with E-state index in [0.717, 1.165) is 15.7 Å². The highest BCUT2D eigenvalue weighted by Crippen LogP contribution is 2.36. The Morgan fingerprint density at radius 2 is 1.19 bits per heavy atom. The molecule has 0 radical (unpaired) electrons. The van der Waals surface area contributed by atoms with Gasteiger partial charge in [0.1, 0.15) is 0 Å². The molecule has 26 heavy (non-hydrogen) atoms. The molecular weight excluding hydrogens is 382 g/mol. The molecule has 0 aliphatic carbocycles. The van der Waals surface area contributed by atoms with Gasteiger partial charge < -0.3 is 0 Å². The first-order chi connectivity index (χ1) is 12.7. The fourth-order valence-electron chi connectivity index (χ4n) is 3.76. The van der Waals surface area contributed by atoms with Gasteiger partial charge in [-0.3, -0.25) is 4.98 Å². The number of hydrogen-bond donors (Lipinski definition) is 0. The van der Waals surface area contributed by atoms with Crippen molar-refractivity contribution in [2.75, 3.05) is 0 Å². The van der Waals surface area contributed by atoms with E-state index >= 15 is 0 Å². The highest BCUT2D eigenvalue weighted by molar-refractivity contribution is 9.10. The van der Waals surface area contributed by atoms with Gasteiger partial charge in [-0.15, -0.1) is 0 Å². The molecule has 5 aromatic rings. The Bertz CT molecular complexity index is 1270. The van der Waals surface area contributed by atoms with Crippen molar-refractivity contribution >= 4 is 48.2 Å². The van der Waals surface area contributed by atoms with Crippen LogP contribution in [0.1, 0.15) is 5.56 Å². The maximum atomic E-state index is 4.61. The van der Waals surface area contributed by atoms with Crippen molar-refractivity contribution in [3.8, 4) is 11.3 Å². The van der Waals surface area contributed by atoms with Crippen LogP contribution in [0.3, 0.4) is 0 Å². The molecule has 0 saturated carbocycles. The van der Waals surface area contributed by atoms with Crippen LogP contribution in [0.25, 0.3) is 43.6 Å². The van der Waals surface area contributed by atoms with E-state index < -0.39 is 0 Å². The second kappa shape index (κ2) is 5.93. The Balaban J connectivity index is 1.90. The van der Waals surface area contributed by atoms with Gasteiger partial charge in [-0.25, -0.2) is 0 Å². The molecule has 1 heterocycles. The van der Waals surface area contributed by atoms with Gasteiger partial charge in [-0.1, -0.05) is 60.7 Å². The molecule has 2 heteroatoms. The fourth-order valence-corrected chi connectivity index (χ4v) is 3.98. The molecule has 0 unspecified atom stereocenters. The van der Waals surface area contributed by atoms with Crippen LogP contribution in [0.5, 0.6) is 0 Å². The summed E-state index contributed by atoms with van der Waals surface area (Å²) >= 11 is 3.54. The molecule has 0 fully saturated rings. The number of halogens is 1. The van der Waals surface area contributed by atoms with E-state index in [4.69, 9.17) is 0 Å². The third kappa shape index (κ3) is 2.33. The van der Waals surface area contributed by atoms with Crippen LogP contribution in [0.4, 0.5) is 0 Å². The molecule has 0 aliphatic heterocycles. The van der Waals surface area contributed by atoms with Gasteiger partial charge in [0.2, 0.25) is 0 Å². The summed E-state index contributed by atoms with van der Waals surface area (Å²) < 4.78 is 1.04. The van der Waals surface area contributed by atoms with E-state index in [1.54, 1.807) is 0 Å². The van der Waals surface area contributed by atoms with Gasteiger partial charge in [-0.2, -0.15) is 0 Å². The minimum absolute atomic E-state index is 1.00. The lowest BCUT2D eigenvalue weighted by Gasteiger charge is -2.12. The Morgan fingerprint density at radius 3 is 1.77 bits per heavy atom. The summed E-state index contributed by atoms with van der Waals surface area (Å²) in [6.07, 6.45) is 1.88. The average Bonchev–Trinajstić information content (AvgIpc) is 2.70. The minimum Gasteiger partial charge on any atom is -0.255 e. The molecule has 1 nitrogen and oxygen atoms in total. The summed E-state index contributed by atoms with van der Waals surface area (Å²) in [5.74, 6) is 0. The maximum Gasteiger partial charge on any atom is 0.0705 e. The number of benzene rings is 4. The molecule has 124 valence electrons. The van der Waals surface area contributed by atoms with Crippen LogP contribution in [0.2, 0.25) is 0 Å². The van der Waals surface area contributed by atoms with Crippen molar-refractivity contribution in [2.24, 2.45) is 0 Å². The highest BCUT2D eigenvalue weighted by Gasteiger charge is 2.10. The second-order valence-electron chi connectivity index (χ2n) is 6.67. The molecule has 0 N–H and O–H groups in total. The predicted octanol–water partition coefficient (Wildman–Crippen LogP) is 7.28. The number of fused-ring (bicyclic) bond motifs is 6. The van der Waals surface area contributed by atoms with E-state index in [9.17, 15) is 0 Å². The zero-order valence-electron chi connectivity index (χ0n) is 14.3. The SMILES string of the molecule is Cc1cc(-c2ccc3c4ccccc4c4ccccc4c3c2)ncc1Br. The molecule has 0 atom stereocenters. The Morgan fingerprint density at radius 1 is 0.654 bits per heavy atom. The van der Waals surface area contributed by atoms with Crippen molar-refractivity contribution in [2.45, 2.75) is 6.92 Å². The van der Waals surface area contributed by atoms with Gasteiger partial charge in [0.25, 0.3) is 0 Å². The van der Waals surface area contributed by atoms with Crippen molar-refractivity contribution in [1.29, 1.82) is 0 Å². The van der Waals surface area contributed by atoms with E-state index in [2.05, 4.69) is 101 Å². The first kappa shape index (κ1) is 15.5. The Kier molecular flexibility index (Phi) is 3.54. The Hall–Kier alpha value is -2.71. The normalized spacial score (nSPS) is 11.5. The summed E-state index contributed by atoms with van der Waals surface area (Å²) in [7, 11) is 0. The number of pyridine rings is 1. The number of hydrogen-bond acceptors (Lipinski definition) is 1. The fraction of sp³-hybridized carbons (Fsp3) is 0.0417. The van der Waals surface area contributed by atoms with Crippen LogP contribution in [-0.2, 0) is 0 Å². The molecule has 0 saturated heterocycles. The number of aryl methyl sites for hydroxylation is 1. The molecule has 0 aliphatic rings. The average molecular weight is 398 g/mol. The zero-order valence-corrected chi connectivity index (χ0v) is 15.9. The molecular formula is C24H16BrN. The van der Waals surface area contributed by atoms with Gasteiger partial charge in [0.05, 0.1) is 5.69 Å². The highest BCUT2D eigenvalue weighted by atomic mass is 79.9. The molecule has 4 aromatic carbocycles. The van der Waals surface area contributed by atoms with Crippen LogP contribution in [0, 0.1) is 6.92 Å². The van der Waals surface area contributed by atoms with Crippen LogP contribution >= 0.6 is 15.9 Å². The van der Waals surface area contributed by atoms with Gasteiger partial charge in [-0.05, 0) is 72.9 Å². The number of rotatable bonds is 1. The van der Waals surface area contributed by atoms with Crippen LogP contribution < -0.4 is 0 Å². The third-order valence-electron chi connectivity index (χ3n) is 5.09. The third-order valence-corrected chi connectivity index (χ3v) is 5.92. The van der Waals surface area contributed by atoms with Crippen molar-refractivity contribution in [1.82, 2.24) is 4.98 Å². The van der Waals surface area contributed by atoms with Crippen molar-refractivity contribution in [3.05, 3.63) is 89.0 Å². The first-order valence-electron chi connectivity index (χ1n) is 8.68. The summed E-state index contributed by atoms with van der Waals surface area (Å²) in [6.45, 7) is 2.10. The molecule has 0 bridgehead atoms. The largest absolute Gasteiger partial charge is 0.255 e. The van der Waals surface area contributed by atoms with E-state index in [1.807, 2.05) is 6.20 Å². The van der Waals surface area contributed by atoms with Crippen LogP contribution in [0.15, 0.2) is 83.5 Å². The summed E-state index contributed by atoms with van der Waals surface area (Å²) in [5.41, 5.74) is 3.34. The summed E-state index contributed by atoms with van der Waals surface area (Å²) in [6, 6.07) is 26.1. The summed E-state index contributed by atoms with van der Waals surface area (Å²) in [4.78, 5) is 4.61. The summed E-state index contributed by atoms with van der Waals surface area (Å²) in [5, 5.41) is 7.76. The zero-order chi connectivity index (χ0) is 17.7. The standard InChI is InChI=1S/C24H16BrN/c1-15-12-24(26-14-23(15)25)16-10-11-21-19-8-3-2-6-17(19)18-7-4-5-9-20(18)22(21)13-16/h2-14H,1H3. The van der Waals surface area contributed by atoms with E-state index in [-0.39, 0.29) is 0 Å². The molecule has 5 rings (SSSR count). The monoisotopic (exact) mass is 397 g/mol. The quantitative estimate of drug-likeness (QED) is 0.270. The lowest BCUT2D eigenvalue weighted by molar-refractivity contribution is 1.26. The molecule has 1 aromatic heterocycles. The van der Waals surface area contributed by atoms with Gasteiger partial charge in [0, 0.05) is 16.2 Å². The van der Waals surface area contributed by atoms with Crippen LogP contribution in [-0.4, -0.2) is 4.98 Å². The first-order valence-corrected chi connectivity index (χ1v) is 9.47. The second-order valence-corrected chi connectivity index (χ2v) is 7.52. The number of nitrogens with zero attached hydrogens (tertiary/aromatic N) is 1. The smallest absolute Gasteiger partial charge is 0.0705 e. The minimum atomic E-state index is 1.00. The van der Waals surface area contributed by atoms with Gasteiger partial charge >= 0.3 is 0 Å².